The lowest BCUT2D eigenvalue weighted by atomic mass is 9.90. The Hall–Kier alpha value is -2.39. The third kappa shape index (κ3) is 6.88. The third-order valence-electron chi connectivity index (χ3n) is 7.29. The lowest BCUT2D eigenvalue weighted by molar-refractivity contribution is -0.126. The largest absolute Gasteiger partial charge is 0.393 e. The van der Waals surface area contributed by atoms with Crippen molar-refractivity contribution in [3.05, 3.63) is 47.1 Å². The van der Waals surface area contributed by atoms with Gasteiger partial charge in [0, 0.05) is 35.2 Å². The first kappa shape index (κ1) is 25.3. The van der Waals surface area contributed by atoms with E-state index < -0.39 is 12.6 Å². The van der Waals surface area contributed by atoms with Crippen molar-refractivity contribution in [2.45, 2.75) is 95.1 Å². The van der Waals surface area contributed by atoms with Gasteiger partial charge in [-0.1, -0.05) is 31.4 Å². The van der Waals surface area contributed by atoms with Crippen LogP contribution in [0.3, 0.4) is 0 Å². The summed E-state index contributed by atoms with van der Waals surface area (Å²) in [7, 11) is 0. The zero-order valence-corrected chi connectivity index (χ0v) is 21.2. The smallest absolute Gasteiger partial charge is 0.382 e. The maximum Gasteiger partial charge on any atom is 0.393 e. The van der Waals surface area contributed by atoms with E-state index in [0.29, 0.717) is 28.1 Å². The summed E-state index contributed by atoms with van der Waals surface area (Å²) in [6, 6.07) is 11.6. The van der Waals surface area contributed by atoms with Gasteiger partial charge >= 0.3 is 6.18 Å². The maximum atomic E-state index is 12.8. The lowest BCUT2D eigenvalue weighted by Crippen LogP contribution is -2.38. The Kier molecular flexibility index (Phi) is 7.96. The summed E-state index contributed by atoms with van der Waals surface area (Å²) >= 11 is 1.09. The fourth-order valence-corrected chi connectivity index (χ4v) is 6.49. The van der Waals surface area contributed by atoms with Crippen molar-refractivity contribution in [2.75, 3.05) is 10.6 Å². The van der Waals surface area contributed by atoms with Crippen molar-refractivity contribution in [2.24, 2.45) is 0 Å². The van der Waals surface area contributed by atoms with Gasteiger partial charge in [0.2, 0.25) is 0 Å². The summed E-state index contributed by atoms with van der Waals surface area (Å²) < 4.78 is 38.5. The van der Waals surface area contributed by atoms with Gasteiger partial charge in [-0.25, -0.2) is 9.97 Å². The van der Waals surface area contributed by atoms with Crippen LogP contribution in [-0.2, 0) is 13.0 Å². The Balaban J connectivity index is 1.14. The van der Waals surface area contributed by atoms with Crippen LogP contribution in [0.2, 0.25) is 0 Å². The monoisotopic (exact) mass is 517 g/mol. The lowest BCUT2D eigenvalue weighted by Gasteiger charge is -2.31. The molecule has 0 spiro atoms. The van der Waals surface area contributed by atoms with Crippen molar-refractivity contribution in [3.8, 4) is 0 Å². The van der Waals surface area contributed by atoms with Gasteiger partial charge in [-0.05, 0) is 62.3 Å². The molecule has 0 amide bonds. The minimum absolute atomic E-state index is 0.224. The number of rotatable bonds is 8. The van der Waals surface area contributed by atoms with E-state index in [0.717, 1.165) is 43.6 Å². The maximum absolute atomic E-state index is 12.8. The van der Waals surface area contributed by atoms with Crippen molar-refractivity contribution < 1.29 is 13.2 Å². The van der Waals surface area contributed by atoms with Gasteiger partial charge in [-0.3, -0.25) is 0 Å². The van der Waals surface area contributed by atoms with E-state index in [1.54, 1.807) is 6.07 Å². The van der Waals surface area contributed by atoms with Crippen LogP contribution in [0.5, 0.6) is 0 Å². The Morgan fingerprint density at radius 3 is 2.39 bits per heavy atom. The van der Waals surface area contributed by atoms with Crippen LogP contribution in [-0.4, -0.2) is 34.3 Å². The molecule has 2 aliphatic carbocycles. The van der Waals surface area contributed by atoms with Crippen molar-refractivity contribution in [3.63, 3.8) is 0 Å². The highest BCUT2D eigenvalue weighted by Gasteiger charge is 2.29. The molecule has 2 saturated carbocycles. The fourth-order valence-electron chi connectivity index (χ4n) is 5.47. The molecule has 2 aliphatic rings. The van der Waals surface area contributed by atoms with Gasteiger partial charge in [-0.15, -0.1) is 11.3 Å². The van der Waals surface area contributed by atoms with Crippen LogP contribution in [0.4, 0.5) is 24.7 Å². The molecule has 0 unspecified atom stereocenters. The topological polar surface area (TPSA) is 61.9 Å². The Morgan fingerprint density at radius 2 is 1.61 bits per heavy atom. The molecule has 0 bridgehead atoms. The van der Waals surface area contributed by atoms with E-state index in [2.05, 4.69) is 50.2 Å². The predicted octanol–water partition coefficient (Wildman–Crippen LogP) is 7.05. The van der Waals surface area contributed by atoms with Crippen LogP contribution < -0.4 is 16.0 Å². The van der Waals surface area contributed by atoms with Crippen LogP contribution in [0.1, 0.15) is 68.2 Å². The predicted molar refractivity (Wildman–Crippen MR) is 141 cm³/mol. The van der Waals surface area contributed by atoms with Gasteiger partial charge in [0.25, 0.3) is 0 Å². The minimum Gasteiger partial charge on any atom is -0.382 e. The minimum atomic E-state index is -4.23. The number of fused-ring (bicyclic) bond motifs is 1. The van der Waals surface area contributed by atoms with Crippen LogP contribution in [0, 0.1) is 0 Å². The number of hydrogen-bond donors (Lipinski definition) is 3. The molecule has 2 aromatic heterocycles. The van der Waals surface area contributed by atoms with Crippen molar-refractivity contribution in [1.82, 2.24) is 15.3 Å². The number of nitrogens with zero attached hydrogens (tertiary/aromatic N) is 2. The number of alkyl halides is 3. The highest BCUT2D eigenvalue weighted by Crippen LogP contribution is 2.33. The van der Waals surface area contributed by atoms with Crippen molar-refractivity contribution in [1.29, 1.82) is 0 Å². The first-order valence-electron chi connectivity index (χ1n) is 13.1. The molecule has 9 heteroatoms. The quantitative estimate of drug-likeness (QED) is 0.299. The number of aromatic nitrogens is 2. The number of hydrogen-bond acceptors (Lipinski definition) is 6. The fraction of sp³-hybridized carbons (Fsp3) is 0.556. The number of anilines is 2. The molecule has 5 rings (SSSR count). The molecule has 5 nitrogen and oxygen atoms in total. The summed E-state index contributed by atoms with van der Waals surface area (Å²) in [5.74, 6) is 0.636. The third-order valence-corrected chi connectivity index (χ3v) is 8.34. The average Bonchev–Trinajstić information content (AvgIpc) is 3.26. The molecule has 1 aromatic carbocycles. The van der Waals surface area contributed by atoms with Gasteiger partial charge in [0.15, 0.2) is 0 Å². The van der Waals surface area contributed by atoms with Gasteiger partial charge in [-0.2, -0.15) is 13.2 Å². The van der Waals surface area contributed by atoms with E-state index in [4.69, 9.17) is 0 Å². The summed E-state index contributed by atoms with van der Waals surface area (Å²) in [6.07, 6.45) is 7.00. The molecule has 194 valence electrons. The van der Waals surface area contributed by atoms with E-state index >= 15 is 0 Å². The molecule has 0 saturated heterocycles. The summed E-state index contributed by atoms with van der Waals surface area (Å²) in [4.78, 5) is 9.41. The Labute approximate surface area is 214 Å². The van der Waals surface area contributed by atoms with Gasteiger partial charge < -0.3 is 16.0 Å². The highest BCUT2D eigenvalue weighted by molar-refractivity contribution is 7.18. The van der Waals surface area contributed by atoms with Gasteiger partial charge in [0.05, 0.1) is 11.8 Å². The molecular weight excluding hydrogens is 483 g/mol. The summed E-state index contributed by atoms with van der Waals surface area (Å²) in [5.41, 5.74) is 2.47. The SMILES string of the molecule is FC(F)(F)Cc1cc2c(N[C@@H]3CCC[C@H](NCc4ccc(NC5CCCCC5)cc4)C3)ncnc2s1. The second kappa shape index (κ2) is 11.3. The van der Waals surface area contributed by atoms with Crippen molar-refractivity contribution >= 4 is 33.1 Å². The van der Waals surface area contributed by atoms with E-state index in [1.165, 1.54) is 49.7 Å². The number of thiophene rings is 1. The molecular formula is C27H34F3N5S. The number of benzene rings is 1. The number of nitrogens with one attached hydrogen (secondary N) is 3. The first-order chi connectivity index (χ1) is 17.4. The summed E-state index contributed by atoms with van der Waals surface area (Å²) in [6.45, 7) is 0.824. The second-order valence-electron chi connectivity index (χ2n) is 10.2. The molecule has 3 aromatic rings. The molecule has 2 atom stereocenters. The Morgan fingerprint density at radius 1 is 0.861 bits per heavy atom. The molecule has 0 radical (unpaired) electrons. The standard InChI is InChI=1S/C27H34F3N5S/c28-27(29,30)15-23-14-24-25(32-17-33-26(24)36-23)35-22-8-4-7-21(13-22)31-16-18-9-11-20(12-10-18)34-19-5-2-1-3-6-19/h9-12,14,17,19,21-22,31,34H,1-8,13,15-16H2,(H,32,33,35)/t21-,22+/m0/s1. The highest BCUT2D eigenvalue weighted by atomic mass is 32.1. The molecule has 2 fully saturated rings. The summed E-state index contributed by atoms with van der Waals surface area (Å²) in [5, 5.41) is 11.6. The zero-order chi connectivity index (χ0) is 25.0. The van der Waals surface area contributed by atoms with E-state index in [1.807, 2.05) is 0 Å². The molecule has 2 heterocycles. The van der Waals surface area contributed by atoms with E-state index in [9.17, 15) is 13.2 Å². The van der Waals surface area contributed by atoms with Crippen LogP contribution in [0.25, 0.3) is 10.2 Å². The molecule has 3 N–H and O–H groups in total. The van der Waals surface area contributed by atoms with Crippen LogP contribution in [0.15, 0.2) is 36.7 Å². The van der Waals surface area contributed by atoms with Crippen LogP contribution >= 0.6 is 11.3 Å². The zero-order valence-electron chi connectivity index (χ0n) is 20.4. The second-order valence-corrected chi connectivity index (χ2v) is 11.3. The average molecular weight is 518 g/mol. The first-order valence-corrected chi connectivity index (χ1v) is 13.9. The van der Waals surface area contributed by atoms with Gasteiger partial charge in [0.1, 0.15) is 17.0 Å². The van der Waals surface area contributed by atoms with E-state index in [-0.39, 0.29) is 10.9 Å². The number of halogens is 3. The molecule has 0 aliphatic heterocycles. The normalized spacial score (nSPS) is 21.5. The Bertz CT molecular complexity index is 1120. The molecule has 36 heavy (non-hydrogen) atoms.